The summed E-state index contributed by atoms with van der Waals surface area (Å²) in [5.41, 5.74) is 6.94. The van der Waals surface area contributed by atoms with E-state index in [0.717, 1.165) is 0 Å². The summed E-state index contributed by atoms with van der Waals surface area (Å²) in [4.78, 5) is 11.2. The monoisotopic (exact) mass is 316 g/mol. The lowest BCUT2D eigenvalue weighted by Crippen LogP contribution is -2.47. The highest BCUT2D eigenvalue weighted by Gasteiger charge is 2.17. The first-order valence-corrected chi connectivity index (χ1v) is 6.87. The average molecular weight is 316 g/mol. The highest BCUT2D eigenvalue weighted by Crippen LogP contribution is 2.24. The van der Waals surface area contributed by atoms with Crippen LogP contribution in [0.3, 0.4) is 0 Å². The Balaban J connectivity index is 2.44. The van der Waals surface area contributed by atoms with Crippen molar-refractivity contribution >= 4 is 5.97 Å². The summed E-state index contributed by atoms with van der Waals surface area (Å²) in [6.45, 7) is 0. The van der Waals surface area contributed by atoms with Crippen LogP contribution in [0.25, 0.3) is 0 Å². The molecular weight excluding hydrogens is 304 g/mol. The van der Waals surface area contributed by atoms with Gasteiger partial charge in [0.2, 0.25) is 0 Å². The second-order valence-electron chi connectivity index (χ2n) is 4.48. The summed E-state index contributed by atoms with van der Waals surface area (Å²) in [7, 11) is 2.37. The van der Waals surface area contributed by atoms with E-state index in [9.17, 15) is 9.90 Å². The summed E-state index contributed by atoms with van der Waals surface area (Å²) in [6, 6.07) is 0. The lowest BCUT2D eigenvalue weighted by Gasteiger charge is -2.39. The molecule has 0 aliphatic heterocycles. The van der Waals surface area contributed by atoms with Crippen LogP contribution in [-0.2, 0) is 14.3 Å². The van der Waals surface area contributed by atoms with Crippen LogP contribution in [0.2, 0.25) is 0 Å². The molecule has 0 amide bonds. The van der Waals surface area contributed by atoms with E-state index in [4.69, 9.17) is 4.74 Å². The van der Waals surface area contributed by atoms with Crippen LogP contribution in [0.4, 0.5) is 0 Å². The van der Waals surface area contributed by atoms with E-state index >= 15 is 0 Å². The van der Waals surface area contributed by atoms with Gasteiger partial charge in [0.15, 0.2) is 0 Å². The van der Waals surface area contributed by atoms with Crippen LogP contribution in [0.15, 0.2) is 64.6 Å². The first kappa shape index (κ1) is 17.1. The van der Waals surface area contributed by atoms with Crippen molar-refractivity contribution in [1.29, 1.82) is 0 Å². The van der Waals surface area contributed by atoms with Crippen molar-refractivity contribution in [2.45, 2.75) is 5.79 Å². The Hall–Kier alpha value is -3.23. The van der Waals surface area contributed by atoms with Gasteiger partial charge in [-0.3, -0.25) is 0 Å². The Labute approximate surface area is 140 Å². The van der Waals surface area contributed by atoms with Crippen LogP contribution in [-0.4, -0.2) is 26.0 Å². The number of methoxy groups -OCH3 is 2. The van der Waals surface area contributed by atoms with E-state index in [1.54, 1.807) is 36.5 Å². The van der Waals surface area contributed by atoms with Crippen LogP contribution in [0.1, 0.15) is 0 Å². The molecule has 4 nitrogen and oxygen atoms in total. The fourth-order valence-corrected chi connectivity index (χ4v) is 1.78. The zero-order chi connectivity index (χ0) is 17.4. The molecule has 1 unspecified atom stereocenters. The van der Waals surface area contributed by atoms with Gasteiger partial charge in [-0.25, -0.2) is 16.6 Å². The second-order valence-corrected chi connectivity index (χ2v) is 4.48. The Morgan fingerprint density at radius 3 is 2.58 bits per heavy atom. The molecule has 0 saturated heterocycles. The van der Waals surface area contributed by atoms with Crippen molar-refractivity contribution in [3.8, 4) is 23.7 Å². The predicted octanol–water partition coefficient (Wildman–Crippen LogP) is 0.901. The molecule has 4 heteroatoms. The van der Waals surface area contributed by atoms with Gasteiger partial charge in [-0.05, 0) is 17.7 Å². The van der Waals surface area contributed by atoms with Gasteiger partial charge in [-0.15, -0.1) is 23.5 Å². The van der Waals surface area contributed by atoms with Crippen LogP contribution in [0.5, 0.6) is 0 Å². The molecule has 0 N–H and O–H groups in total. The first-order valence-electron chi connectivity index (χ1n) is 6.87. The molecule has 2 aliphatic carbocycles. The Morgan fingerprint density at radius 1 is 1.25 bits per heavy atom. The van der Waals surface area contributed by atoms with Gasteiger partial charge in [-0.1, -0.05) is 29.7 Å². The van der Waals surface area contributed by atoms with Crippen molar-refractivity contribution in [1.82, 2.24) is 0 Å². The Morgan fingerprint density at radius 2 is 2.00 bits per heavy atom. The first-order chi connectivity index (χ1) is 11.6. The standard InChI is InChI=1S/C20H12O4/c1-23-19(21)14-15-20(22,24-2)18(17-11-5-6-12-17)13-7-10-16-8-3-4-9-16/h3-6,8,11H,1-2H3/q-2. The molecule has 0 heterocycles. The molecule has 2 rings (SSSR count). The Kier molecular flexibility index (Phi) is 5.61. The molecule has 0 fully saturated rings. The highest BCUT2D eigenvalue weighted by molar-refractivity contribution is 5.88. The van der Waals surface area contributed by atoms with Crippen LogP contribution < -0.4 is 5.11 Å². The fraction of sp³-hybridized carbons (Fsp3) is 0.150. The average Bonchev–Trinajstić information content (AvgIpc) is 3.29. The third-order valence-corrected chi connectivity index (χ3v) is 2.98. The van der Waals surface area contributed by atoms with E-state index in [0.29, 0.717) is 11.1 Å². The second kappa shape index (κ2) is 7.86. The third kappa shape index (κ3) is 4.15. The van der Waals surface area contributed by atoms with E-state index in [-0.39, 0.29) is 5.57 Å². The van der Waals surface area contributed by atoms with Gasteiger partial charge in [0.25, 0.3) is 0 Å². The maximum absolute atomic E-state index is 12.9. The fourth-order valence-electron chi connectivity index (χ4n) is 1.78. The molecule has 0 aromatic heterocycles. The van der Waals surface area contributed by atoms with Crippen molar-refractivity contribution in [2.24, 2.45) is 0 Å². The lowest BCUT2D eigenvalue weighted by atomic mass is 9.98. The maximum atomic E-state index is 12.9. The molecule has 118 valence electrons. The zero-order valence-corrected chi connectivity index (χ0v) is 13.1. The number of carbonyl (C=O) groups is 1. The topological polar surface area (TPSA) is 58.6 Å². The summed E-state index contributed by atoms with van der Waals surface area (Å²) < 4.78 is 9.39. The smallest absolute Gasteiger partial charge is 0.384 e. The molecule has 24 heavy (non-hydrogen) atoms. The van der Waals surface area contributed by atoms with Gasteiger partial charge >= 0.3 is 5.97 Å². The van der Waals surface area contributed by atoms with Crippen molar-refractivity contribution < 1.29 is 19.4 Å². The summed E-state index contributed by atoms with van der Waals surface area (Å²) in [5, 5.41) is 12.9. The minimum Gasteiger partial charge on any atom is -0.816 e. The molecule has 0 aromatic carbocycles. The molecule has 0 spiro atoms. The van der Waals surface area contributed by atoms with Crippen LogP contribution in [0, 0.1) is 29.8 Å². The maximum Gasteiger partial charge on any atom is 0.384 e. The number of esters is 1. The molecule has 2 aliphatic rings. The van der Waals surface area contributed by atoms with Crippen molar-refractivity contribution in [3.05, 3.63) is 70.7 Å². The number of rotatable bonds is 3. The van der Waals surface area contributed by atoms with Crippen molar-refractivity contribution in [2.75, 3.05) is 14.2 Å². The van der Waals surface area contributed by atoms with Crippen molar-refractivity contribution in [3.63, 3.8) is 0 Å². The summed E-state index contributed by atoms with van der Waals surface area (Å²) in [6.07, 6.45) is 13.0. The summed E-state index contributed by atoms with van der Waals surface area (Å²) >= 11 is 0. The van der Waals surface area contributed by atoms with Gasteiger partial charge < -0.3 is 14.6 Å². The van der Waals surface area contributed by atoms with Gasteiger partial charge in [0, 0.05) is 13.0 Å². The molecule has 0 aromatic rings. The quantitative estimate of drug-likeness (QED) is 0.194. The number of hydrogen-bond acceptors (Lipinski definition) is 4. The minimum absolute atomic E-state index is 0.0328. The SMILES string of the molecule is COC(=O)C#CC([O-])(OC)C(=[C-]C#CC1=C=CC=C1)C1=C=CC=C1. The lowest BCUT2D eigenvalue weighted by molar-refractivity contribution is -0.510. The van der Waals surface area contributed by atoms with E-state index in [1.807, 2.05) is 0 Å². The number of carbonyl (C=O) groups excluding carboxylic acids is 1. The van der Waals surface area contributed by atoms with Gasteiger partial charge in [0.1, 0.15) is 0 Å². The summed E-state index contributed by atoms with van der Waals surface area (Å²) in [5.74, 6) is 6.63. The number of allylic oxidation sites excluding steroid dienone is 6. The van der Waals surface area contributed by atoms with Gasteiger partial charge in [-0.2, -0.15) is 5.73 Å². The molecule has 0 bridgehead atoms. The molecule has 0 saturated carbocycles. The largest absolute Gasteiger partial charge is 0.816 e. The molecule has 1 atom stereocenters. The van der Waals surface area contributed by atoms with E-state index < -0.39 is 11.8 Å². The minimum atomic E-state index is -2.33. The van der Waals surface area contributed by atoms with E-state index in [1.165, 1.54) is 14.2 Å². The highest BCUT2D eigenvalue weighted by atomic mass is 16.6. The number of ether oxygens (including phenoxy) is 2. The normalized spacial score (nSPS) is 16.5. The molecular formula is C20H12O4-2. The molecule has 0 radical (unpaired) electrons. The zero-order valence-electron chi connectivity index (χ0n) is 13.1. The Bertz CT molecular complexity index is 891. The number of hydrogen-bond donors (Lipinski definition) is 0. The predicted molar refractivity (Wildman–Crippen MR) is 85.5 cm³/mol. The van der Waals surface area contributed by atoms with Gasteiger partial charge in [0.05, 0.1) is 12.9 Å². The van der Waals surface area contributed by atoms with E-state index in [2.05, 4.69) is 46.0 Å². The van der Waals surface area contributed by atoms with Crippen LogP contribution >= 0.6 is 0 Å². The third-order valence-electron chi connectivity index (χ3n) is 2.98.